The summed E-state index contributed by atoms with van der Waals surface area (Å²) in [6.07, 6.45) is 1.06. The lowest BCUT2D eigenvalue weighted by atomic mass is 10.0. The SMILES string of the molecule is O=C(N[C@@H](Cc1ccc(CO)cc1)C(=O)OCCCc1ccccc1)OCc1ccccc1. The molecule has 0 saturated heterocycles. The maximum atomic E-state index is 12.8. The number of alkyl carbamates (subject to hydrolysis) is 1. The molecule has 0 aliphatic carbocycles. The molecule has 0 heterocycles. The molecule has 3 rings (SSSR count). The van der Waals surface area contributed by atoms with Crippen LogP contribution in [0.15, 0.2) is 84.9 Å². The van der Waals surface area contributed by atoms with Gasteiger partial charge in [0.05, 0.1) is 13.2 Å². The van der Waals surface area contributed by atoms with E-state index in [1.54, 1.807) is 12.1 Å². The maximum absolute atomic E-state index is 12.8. The van der Waals surface area contributed by atoms with Crippen molar-refractivity contribution in [1.29, 1.82) is 0 Å². The number of hydrogen-bond donors (Lipinski definition) is 2. The van der Waals surface area contributed by atoms with Crippen molar-refractivity contribution in [3.8, 4) is 0 Å². The van der Waals surface area contributed by atoms with Crippen LogP contribution in [0, 0.1) is 0 Å². The monoisotopic (exact) mass is 447 g/mol. The van der Waals surface area contributed by atoms with E-state index in [0.717, 1.165) is 23.1 Å². The molecule has 2 N–H and O–H groups in total. The number of aliphatic hydroxyl groups excluding tert-OH is 1. The number of esters is 1. The summed E-state index contributed by atoms with van der Waals surface area (Å²) in [6.45, 7) is 0.308. The van der Waals surface area contributed by atoms with Crippen LogP contribution in [-0.4, -0.2) is 29.8 Å². The van der Waals surface area contributed by atoms with Crippen molar-refractivity contribution >= 4 is 12.1 Å². The lowest BCUT2D eigenvalue weighted by Crippen LogP contribution is -2.43. The van der Waals surface area contributed by atoms with Gasteiger partial charge in [0.1, 0.15) is 12.6 Å². The van der Waals surface area contributed by atoms with Gasteiger partial charge in [0.25, 0.3) is 0 Å². The number of nitrogens with one attached hydrogen (secondary N) is 1. The van der Waals surface area contributed by atoms with Crippen molar-refractivity contribution in [3.63, 3.8) is 0 Å². The quantitative estimate of drug-likeness (QED) is 0.340. The normalized spacial score (nSPS) is 11.4. The number of carbonyl (C=O) groups excluding carboxylic acids is 2. The molecule has 0 radical (unpaired) electrons. The predicted octanol–water partition coefficient (Wildman–Crippen LogP) is 4.19. The molecule has 0 aromatic heterocycles. The molecule has 0 bridgehead atoms. The van der Waals surface area contributed by atoms with Crippen LogP contribution in [0.25, 0.3) is 0 Å². The maximum Gasteiger partial charge on any atom is 0.408 e. The standard InChI is InChI=1S/C27H29NO5/c29-19-23-15-13-22(14-16-23)18-25(28-27(31)33-20-24-10-5-2-6-11-24)26(30)32-17-7-12-21-8-3-1-4-9-21/h1-6,8-11,13-16,25,29H,7,12,17-20H2,(H,28,31)/t25-/m0/s1. The highest BCUT2D eigenvalue weighted by Gasteiger charge is 2.23. The Balaban J connectivity index is 1.55. The fourth-order valence-electron chi connectivity index (χ4n) is 3.31. The smallest absolute Gasteiger partial charge is 0.408 e. The fourth-order valence-corrected chi connectivity index (χ4v) is 3.31. The van der Waals surface area contributed by atoms with Gasteiger partial charge in [-0.15, -0.1) is 0 Å². The minimum Gasteiger partial charge on any atom is -0.464 e. The third-order valence-electron chi connectivity index (χ3n) is 5.13. The summed E-state index contributed by atoms with van der Waals surface area (Å²) in [5.41, 5.74) is 3.64. The summed E-state index contributed by atoms with van der Waals surface area (Å²) in [5, 5.41) is 11.9. The van der Waals surface area contributed by atoms with E-state index >= 15 is 0 Å². The summed E-state index contributed by atoms with van der Waals surface area (Å²) < 4.78 is 10.7. The second-order valence-corrected chi connectivity index (χ2v) is 7.69. The van der Waals surface area contributed by atoms with Gasteiger partial charge in [0.2, 0.25) is 0 Å². The largest absolute Gasteiger partial charge is 0.464 e. The number of aryl methyl sites for hydroxylation is 1. The van der Waals surface area contributed by atoms with Gasteiger partial charge in [-0.25, -0.2) is 9.59 Å². The van der Waals surface area contributed by atoms with Crippen LogP contribution in [-0.2, 0) is 40.3 Å². The van der Waals surface area contributed by atoms with Crippen LogP contribution in [0.5, 0.6) is 0 Å². The second-order valence-electron chi connectivity index (χ2n) is 7.69. The number of amides is 1. The van der Waals surface area contributed by atoms with Crippen LogP contribution in [0.4, 0.5) is 4.79 Å². The van der Waals surface area contributed by atoms with Gasteiger partial charge in [-0.05, 0) is 35.1 Å². The molecule has 6 heteroatoms. The molecule has 0 spiro atoms. The first kappa shape index (κ1) is 24.0. The van der Waals surface area contributed by atoms with Gasteiger partial charge in [0, 0.05) is 6.42 Å². The van der Waals surface area contributed by atoms with E-state index in [-0.39, 0.29) is 26.2 Å². The van der Waals surface area contributed by atoms with Gasteiger partial charge < -0.3 is 19.9 Å². The lowest BCUT2D eigenvalue weighted by molar-refractivity contribution is -0.146. The van der Waals surface area contributed by atoms with E-state index in [4.69, 9.17) is 9.47 Å². The molecule has 0 aliphatic heterocycles. The van der Waals surface area contributed by atoms with E-state index in [1.807, 2.05) is 72.8 Å². The number of carbonyl (C=O) groups is 2. The molecule has 33 heavy (non-hydrogen) atoms. The average Bonchev–Trinajstić information content (AvgIpc) is 2.86. The summed E-state index contributed by atoms with van der Waals surface area (Å²) in [7, 11) is 0. The first-order chi connectivity index (χ1) is 16.1. The molecular weight excluding hydrogens is 418 g/mol. The Hall–Kier alpha value is -3.64. The zero-order valence-corrected chi connectivity index (χ0v) is 18.5. The highest BCUT2D eigenvalue weighted by Crippen LogP contribution is 2.10. The van der Waals surface area contributed by atoms with Crippen molar-refractivity contribution < 1.29 is 24.2 Å². The molecule has 0 fully saturated rings. The predicted molar refractivity (Wildman–Crippen MR) is 125 cm³/mol. The van der Waals surface area contributed by atoms with Crippen LogP contribution in [0.1, 0.15) is 28.7 Å². The van der Waals surface area contributed by atoms with Crippen molar-refractivity contribution in [2.75, 3.05) is 6.61 Å². The fraction of sp³-hybridized carbons (Fsp3) is 0.259. The Bertz CT molecular complexity index is 990. The lowest BCUT2D eigenvalue weighted by Gasteiger charge is -2.18. The topological polar surface area (TPSA) is 84.9 Å². The number of rotatable bonds is 11. The number of hydrogen-bond acceptors (Lipinski definition) is 5. The molecule has 0 unspecified atom stereocenters. The van der Waals surface area contributed by atoms with Gasteiger partial charge in [-0.1, -0.05) is 84.9 Å². The summed E-state index contributed by atoms with van der Waals surface area (Å²) in [4.78, 5) is 25.1. The molecule has 6 nitrogen and oxygen atoms in total. The molecule has 172 valence electrons. The van der Waals surface area contributed by atoms with E-state index < -0.39 is 18.1 Å². The van der Waals surface area contributed by atoms with Crippen LogP contribution < -0.4 is 5.32 Å². The van der Waals surface area contributed by atoms with Gasteiger partial charge >= 0.3 is 12.1 Å². The zero-order chi connectivity index (χ0) is 23.3. The third kappa shape index (κ3) is 8.43. The van der Waals surface area contributed by atoms with Crippen molar-refractivity contribution in [2.45, 2.75) is 38.5 Å². The Labute approximate surface area is 194 Å². The van der Waals surface area contributed by atoms with Gasteiger partial charge in [-0.2, -0.15) is 0 Å². The Kier molecular flexibility index (Phi) is 9.48. The van der Waals surface area contributed by atoms with Crippen molar-refractivity contribution in [2.24, 2.45) is 0 Å². The highest BCUT2D eigenvalue weighted by atomic mass is 16.6. The van der Waals surface area contributed by atoms with Crippen LogP contribution >= 0.6 is 0 Å². The molecule has 1 amide bonds. The summed E-state index contributed by atoms with van der Waals surface area (Å²) >= 11 is 0. The molecule has 3 aromatic rings. The number of aliphatic hydroxyl groups is 1. The first-order valence-electron chi connectivity index (χ1n) is 11.0. The molecule has 1 atom stereocenters. The molecule has 0 aliphatic rings. The van der Waals surface area contributed by atoms with E-state index in [9.17, 15) is 14.7 Å². The molecule has 0 saturated carbocycles. The van der Waals surface area contributed by atoms with Crippen molar-refractivity contribution in [3.05, 3.63) is 107 Å². The van der Waals surface area contributed by atoms with Crippen molar-refractivity contribution in [1.82, 2.24) is 5.32 Å². The Morgan fingerprint density at radius 2 is 1.36 bits per heavy atom. The minimum atomic E-state index is -0.884. The minimum absolute atomic E-state index is 0.0583. The second kappa shape index (κ2) is 13.0. The zero-order valence-electron chi connectivity index (χ0n) is 18.5. The van der Waals surface area contributed by atoms with Crippen LogP contribution in [0.2, 0.25) is 0 Å². The van der Waals surface area contributed by atoms with E-state index in [0.29, 0.717) is 6.42 Å². The number of benzene rings is 3. The summed E-state index contributed by atoms with van der Waals surface area (Å²) in [6, 6.07) is 25.6. The molecule has 3 aromatic carbocycles. The van der Waals surface area contributed by atoms with E-state index in [1.165, 1.54) is 5.56 Å². The Morgan fingerprint density at radius 1 is 0.758 bits per heavy atom. The van der Waals surface area contributed by atoms with Crippen LogP contribution in [0.3, 0.4) is 0 Å². The van der Waals surface area contributed by atoms with E-state index in [2.05, 4.69) is 5.32 Å². The number of ether oxygens (including phenoxy) is 2. The third-order valence-corrected chi connectivity index (χ3v) is 5.13. The molecular formula is C27H29NO5. The Morgan fingerprint density at radius 3 is 2.00 bits per heavy atom. The van der Waals surface area contributed by atoms with Gasteiger partial charge in [-0.3, -0.25) is 0 Å². The van der Waals surface area contributed by atoms with Gasteiger partial charge in [0.15, 0.2) is 0 Å². The highest BCUT2D eigenvalue weighted by molar-refractivity contribution is 5.81. The first-order valence-corrected chi connectivity index (χ1v) is 11.0. The average molecular weight is 448 g/mol. The summed E-state index contributed by atoms with van der Waals surface area (Å²) in [5.74, 6) is -0.508.